The van der Waals surface area contributed by atoms with E-state index in [4.69, 9.17) is 9.39 Å². The molecule has 1 aromatic heterocycles. The topological polar surface area (TPSA) is 80.1 Å². The van der Waals surface area contributed by atoms with Crippen molar-refractivity contribution in [3.05, 3.63) is 35.7 Å². The van der Waals surface area contributed by atoms with E-state index >= 15 is 0 Å². The van der Waals surface area contributed by atoms with Crippen molar-refractivity contribution in [3.8, 4) is 5.69 Å². The monoisotopic (exact) mass is 483 g/mol. The third-order valence-corrected chi connectivity index (χ3v) is 6.44. The molecule has 1 aromatic carbocycles. The zero-order chi connectivity index (χ0) is 26.2. The van der Waals surface area contributed by atoms with Gasteiger partial charge in [0.05, 0.1) is 22.6 Å². The highest BCUT2D eigenvalue weighted by atomic mass is 16.6. The van der Waals surface area contributed by atoms with Gasteiger partial charge in [-0.3, -0.25) is 0 Å². The van der Waals surface area contributed by atoms with Gasteiger partial charge < -0.3 is 24.3 Å². The van der Waals surface area contributed by atoms with Gasteiger partial charge in [-0.25, -0.2) is 9.48 Å². The van der Waals surface area contributed by atoms with Crippen LogP contribution in [0.3, 0.4) is 0 Å². The SMILES string of the molecule is Cc1cc(C)n(-c2cc([B]OC(C)(C)C(C)(C)O)cc(N3CCN(C(=O)OC(C)(C)C)CC3)c2)n1. The van der Waals surface area contributed by atoms with Crippen LogP contribution in [0.1, 0.15) is 59.9 Å². The van der Waals surface area contributed by atoms with Gasteiger partial charge in [0.25, 0.3) is 0 Å². The quantitative estimate of drug-likeness (QED) is 0.635. The molecule has 0 bridgehead atoms. The van der Waals surface area contributed by atoms with Crippen LogP contribution in [0.2, 0.25) is 0 Å². The van der Waals surface area contributed by atoms with Gasteiger partial charge in [0.1, 0.15) is 5.60 Å². The molecule has 0 saturated carbocycles. The number of carbonyl (C=O) groups is 1. The minimum Gasteiger partial charge on any atom is -0.444 e. The molecule has 1 saturated heterocycles. The fraction of sp³-hybridized carbons (Fsp3) is 0.615. The summed E-state index contributed by atoms with van der Waals surface area (Å²) in [4.78, 5) is 16.5. The lowest BCUT2D eigenvalue weighted by molar-refractivity contribution is -0.0893. The third-order valence-electron chi connectivity index (χ3n) is 6.44. The Morgan fingerprint density at radius 1 is 0.943 bits per heavy atom. The molecular formula is C26H40BN4O4. The Morgan fingerprint density at radius 2 is 1.54 bits per heavy atom. The Morgan fingerprint density at radius 3 is 2.06 bits per heavy atom. The van der Waals surface area contributed by atoms with Crippen LogP contribution >= 0.6 is 0 Å². The highest BCUT2D eigenvalue weighted by Gasteiger charge is 2.36. The molecule has 1 radical (unpaired) electrons. The number of piperazine rings is 1. The van der Waals surface area contributed by atoms with Crippen LogP contribution in [0.5, 0.6) is 0 Å². The van der Waals surface area contributed by atoms with E-state index in [2.05, 4.69) is 22.1 Å². The van der Waals surface area contributed by atoms with E-state index in [0.717, 1.165) is 28.2 Å². The lowest BCUT2D eigenvalue weighted by Gasteiger charge is -2.38. The summed E-state index contributed by atoms with van der Waals surface area (Å²) < 4.78 is 13.5. The number of rotatable bonds is 6. The van der Waals surface area contributed by atoms with Crippen LogP contribution in [-0.2, 0) is 9.39 Å². The highest BCUT2D eigenvalue weighted by molar-refractivity contribution is 6.47. The molecule has 35 heavy (non-hydrogen) atoms. The minimum atomic E-state index is -1.02. The van der Waals surface area contributed by atoms with Gasteiger partial charge in [0.15, 0.2) is 0 Å². The van der Waals surface area contributed by atoms with Crippen molar-refractivity contribution in [3.63, 3.8) is 0 Å². The number of aliphatic hydroxyl groups is 1. The Kier molecular flexibility index (Phi) is 7.63. The summed E-state index contributed by atoms with van der Waals surface area (Å²) in [6.45, 7) is 19.4. The van der Waals surface area contributed by atoms with E-state index < -0.39 is 16.8 Å². The number of hydrogen-bond donors (Lipinski definition) is 1. The van der Waals surface area contributed by atoms with Crippen molar-refractivity contribution in [2.45, 2.75) is 79.1 Å². The predicted molar refractivity (Wildman–Crippen MR) is 140 cm³/mol. The van der Waals surface area contributed by atoms with Crippen LogP contribution in [0.4, 0.5) is 10.5 Å². The molecule has 3 rings (SSSR count). The van der Waals surface area contributed by atoms with Crippen molar-refractivity contribution in [1.82, 2.24) is 14.7 Å². The van der Waals surface area contributed by atoms with Gasteiger partial charge in [-0.1, -0.05) is 0 Å². The van der Waals surface area contributed by atoms with E-state index in [9.17, 15) is 9.90 Å². The molecule has 0 spiro atoms. The molecule has 0 unspecified atom stereocenters. The molecule has 1 amide bonds. The van der Waals surface area contributed by atoms with Crippen molar-refractivity contribution in [2.24, 2.45) is 0 Å². The number of benzene rings is 1. The van der Waals surface area contributed by atoms with Crippen LogP contribution in [-0.4, -0.2) is 76.3 Å². The number of anilines is 1. The second-order valence-electron chi connectivity index (χ2n) is 11.4. The van der Waals surface area contributed by atoms with Gasteiger partial charge in [-0.05, 0) is 92.0 Å². The fourth-order valence-corrected chi connectivity index (χ4v) is 3.71. The maximum absolute atomic E-state index is 12.5. The van der Waals surface area contributed by atoms with E-state index in [1.54, 1.807) is 26.2 Å². The van der Waals surface area contributed by atoms with Gasteiger partial charge in [-0.15, -0.1) is 0 Å². The first-order chi connectivity index (χ1) is 16.1. The second-order valence-corrected chi connectivity index (χ2v) is 11.4. The normalized spacial score (nSPS) is 15.4. The number of carbonyl (C=O) groups excluding carboxylic acids is 1. The van der Waals surface area contributed by atoms with Crippen molar-refractivity contribution in [1.29, 1.82) is 0 Å². The first-order valence-electron chi connectivity index (χ1n) is 12.2. The number of nitrogens with zero attached hydrogens (tertiary/aromatic N) is 4. The van der Waals surface area contributed by atoms with Gasteiger partial charge in [0, 0.05) is 37.6 Å². The summed E-state index contributed by atoms with van der Waals surface area (Å²) in [6.07, 6.45) is -0.273. The molecule has 0 aliphatic carbocycles. The molecule has 191 valence electrons. The zero-order valence-electron chi connectivity index (χ0n) is 22.7. The number of hydrogen-bond acceptors (Lipinski definition) is 6. The number of aromatic nitrogens is 2. The average molecular weight is 483 g/mol. The van der Waals surface area contributed by atoms with Crippen LogP contribution in [0.15, 0.2) is 24.3 Å². The number of ether oxygens (including phenoxy) is 1. The first kappa shape index (κ1) is 27.1. The first-order valence-corrected chi connectivity index (χ1v) is 12.2. The van der Waals surface area contributed by atoms with Crippen LogP contribution in [0, 0.1) is 13.8 Å². The maximum Gasteiger partial charge on any atom is 0.410 e. The van der Waals surface area contributed by atoms with Crippen LogP contribution < -0.4 is 10.4 Å². The van der Waals surface area contributed by atoms with Crippen LogP contribution in [0.25, 0.3) is 5.69 Å². The summed E-state index contributed by atoms with van der Waals surface area (Å²) in [5, 5.41) is 15.1. The highest BCUT2D eigenvalue weighted by Crippen LogP contribution is 2.25. The average Bonchev–Trinajstić information content (AvgIpc) is 3.08. The Labute approximate surface area is 210 Å². The number of aryl methyl sites for hydroxylation is 2. The smallest absolute Gasteiger partial charge is 0.410 e. The van der Waals surface area contributed by atoms with E-state index in [1.165, 1.54) is 0 Å². The summed E-state index contributed by atoms with van der Waals surface area (Å²) >= 11 is 0. The molecule has 9 heteroatoms. The molecule has 0 atom stereocenters. The third kappa shape index (κ3) is 6.79. The number of amides is 1. The Hall–Kier alpha value is -2.52. The fourth-order valence-electron chi connectivity index (χ4n) is 3.71. The lowest BCUT2D eigenvalue weighted by atomic mass is 9.82. The summed E-state index contributed by atoms with van der Waals surface area (Å²) in [5.41, 5.74) is 2.51. The standard InChI is InChI=1S/C26H40BN4O4/c1-18-14-19(2)31(28-18)22-16-20(27-35-26(8,9)25(6,7)33)15-21(17-22)29-10-12-30(13-11-29)23(32)34-24(3,4)5/h14-17,33H,10-13H2,1-9H3. The second kappa shape index (κ2) is 9.86. The summed E-state index contributed by atoms with van der Waals surface area (Å²) in [6, 6.07) is 8.25. The largest absolute Gasteiger partial charge is 0.444 e. The van der Waals surface area contributed by atoms with Gasteiger partial charge in [-0.2, -0.15) is 5.10 Å². The molecule has 2 heterocycles. The minimum absolute atomic E-state index is 0.273. The lowest BCUT2D eigenvalue weighted by Crippen LogP contribution is -2.50. The van der Waals surface area contributed by atoms with Crippen molar-refractivity contribution < 1.29 is 19.3 Å². The molecule has 1 aliphatic heterocycles. The zero-order valence-corrected chi connectivity index (χ0v) is 22.7. The van der Waals surface area contributed by atoms with E-state index in [-0.39, 0.29) is 6.09 Å². The predicted octanol–water partition coefficient (Wildman–Crippen LogP) is 3.36. The summed E-state index contributed by atoms with van der Waals surface area (Å²) in [5.74, 6) is 0. The molecule has 2 aromatic rings. The molecule has 1 aliphatic rings. The van der Waals surface area contributed by atoms with Crippen molar-refractivity contribution >= 4 is 24.7 Å². The molecule has 1 fully saturated rings. The van der Waals surface area contributed by atoms with Gasteiger partial charge >= 0.3 is 13.6 Å². The molecule has 8 nitrogen and oxygen atoms in total. The van der Waals surface area contributed by atoms with Gasteiger partial charge in [0.2, 0.25) is 0 Å². The molecular weight excluding hydrogens is 443 g/mol. The summed E-state index contributed by atoms with van der Waals surface area (Å²) in [7, 11) is 1.70. The maximum atomic E-state index is 12.5. The Bertz CT molecular complexity index is 1040. The van der Waals surface area contributed by atoms with E-state index in [1.807, 2.05) is 65.3 Å². The van der Waals surface area contributed by atoms with E-state index in [0.29, 0.717) is 26.2 Å². The van der Waals surface area contributed by atoms with Crippen molar-refractivity contribution in [2.75, 3.05) is 31.1 Å². The molecule has 1 N–H and O–H groups in total. The Balaban J connectivity index is 1.84.